The standard InChI is InChI=1S/C68H125N11O13Si/c1-30-47-62(86)73(21)48(31-2)63(87)74(22)50(35-39(5)6)59(83)72-53(42(11)12)66(90)75(23)49(34-38(3)4)58(82)69-45(16)57(81)70-46(17)61(85)76(24)51(36-40(7)8)64(88)77(25)52(37-41(9)10)65(89)78(26)54(43(13)14)67(91)79(27)55(60(84)71-47)56(44(15)32-33-80)92-93(28,29)68(18,19)20/h33,38-56H,30-32,34-37H2,1-29H3,(H,69,82)(H,70,81)(H,71,84)(H,72,83)/t44-,45-,46-,47-,48-,49-,50+,51-,52-,53-,54-,55-,56+/m1/s1. The molecule has 25 heteroatoms. The molecule has 0 unspecified atom stereocenters. The Hall–Kier alpha value is -5.98. The molecule has 1 rings (SSSR count). The molecule has 1 heterocycles. The lowest BCUT2D eigenvalue weighted by molar-refractivity contribution is -0.157. The van der Waals surface area contributed by atoms with Crippen molar-refractivity contribution in [3.05, 3.63) is 0 Å². The summed E-state index contributed by atoms with van der Waals surface area (Å²) in [5.74, 6) is -9.73. The lowest BCUT2D eigenvalue weighted by Crippen LogP contribution is -2.65. The van der Waals surface area contributed by atoms with Crippen LogP contribution in [0.1, 0.15) is 183 Å². The van der Waals surface area contributed by atoms with Gasteiger partial charge in [-0.25, -0.2) is 0 Å². The molecule has 1 aliphatic heterocycles. The Labute approximate surface area is 559 Å². The van der Waals surface area contributed by atoms with Crippen LogP contribution in [0.3, 0.4) is 0 Å². The number of carbonyl (C=O) groups is 12. The van der Waals surface area contributed by atoms with Gasteiger partial charge in [-0.1, -0.05) is 125 Å². The predicted molar refractivity (Wildman–Crippen MR) is 365 cm³/mol. The van der Waals surface area contributed by atoms with Crippen molar-refractivity contribution in [3.8, 4) is 0 Å². The maximum atomic E-state index is 15.7. The molecule has 0 aromatic heterocycles. The first-order valence-corrected chi connectivity index (χ1v) is 36.7. The van der Waals surface area contributed by atoms with Crippen LogP contribution in [-0.2, 0) is 62.0 Å². The van der Waals surface area contributed by atoms with Crippen molar-refractivity contribution in [3.63, 3.8) is 0 Å². The first kappa shape index (κ1) is 85.0. The molecule has 1 saturated heterocycles. The minimum Gasteiger partial charge on any atom is -0.411 e. The minimum absolute atomic E-state index is 0.0128. The van der Waals surface area contributed by atoms with E-state index in [4.69, 9.17) is 4.43 Å². The lowest BCUT2D eigenvalue weighted by atomic mass is 9.91. The van der Waals surface area contributed by atoms with Gasteiger partial charge in [0.15, 0.2) is 8.32 Å². The number of aldehydes is 1. The first-order chi connectivity index (χ1) is 42.6. The van der Waals surface area contributed by atoms with Gasteiger partial charge in [-0.2, -0.15) is 0 Å². The summed E-state index contributed by atoms with van der Waals surface area (Å²) < 4.78 is 7.12. The summed E-state index contributed by atoms with van der Waals surface area (Å²) in [5.41, 5.74) is 0. The molecular weight excluding hydrogens is 1210 g/mol. The summed E-state index contributed by atoms with van der Waals surface area (Å²) in [6, 6.07) is -13.6. The maximum Gasteiger partial charge on any atom is 0.246 e. The predicted octanol–water partition coefficient (Wildman–Crippen LogP) is 5.70. The number of amides is 11. The van der Waals surface area contributed by atoms with E-state index in [1.54, 1.807) is 48.5 Å². The van der Waals surface area contributed by atoms with E-state index in [1.165, 1.54) is 97.5 Å². The zero-order valence-electron chi connectivity index (χ0n) is 62.4. The molecule has 93 heavy (non-hydrogen) atoms. The third-order valence-electron chi connectivity index (χ3n) is 18.7. The van der Waals surface area contributed by atoms with Crippen molar-refractivity contribution in [2.75, 3.05) is 49.3 Å². The summed E-state index contributed by atoms with van der Waals surface area (Å²) in [6.07, 6.45) is 0.154. The lowest BCUT2D eigenvalue weighted by Gasteiger charge is -2.46. The Kier molecular flexibility index (Phi) is 33.6. The van der Waals surface area contributed by atoms with Gasteiger partial charge >= 0.3 is 0 Å². The van der Waals surface area contributed by atoms with Gasteiger partial charge in [-0.05, 0) is 112 Å². The van der Waals surface area contributed by atoms with Crippen molar-refractivity contribution in [1.82, 2.24) is 55.6 Å². The van der Waals surface area contributed by atoms with Gasteiger partial charge in [-0.15, -0.1) is 0 Å². The van der Waals surface area contributed by atoms with E-state index in [0.29, 0.717) is 6.29 Å². The van der Waals surface area contributed by atoms with E-state index in [-0.39, 0.29) is 68.6 Å². The van der Waals surface area contributed by atoms with Crippen molar-refractivity contribution in [2.45, 2.75) is 274 Å². The number of hydrogen-bond donors (Lipinski definition) is 4. The van der Waals surface area contributed by atoms with Gasteiger partial charge in [-0.3, -0.25) is 52.7 Å². The van der Waals surface area contributed by atoms with Gasteiger partial charge in [0.05, 0.1) is 6.10 Å². The van der Waals surface area contributed by atoms with E-state index >= 15 is 24.0 Å². The fourth-order valence-corrected chi connectivity index (χ4v) is 13.1. The molecule has 11 amide bonds. The normalized spacial score (nSPS) is 26.7. The Morgan fingerprint density at radius 2 is 0.806 bits per heavy atom. The van der Waals surface area contributed by atoms with Crippen LogP contribution >= 0.6 is 0 Å². The average Bonchev–Trinajstić information content (AvgIpc) is 0.797. The quantitative estimate of drug-likeness (QED) is 0.0948. The highest BCUT2D eigenvalue weighted by Gasteiger charge is 2.50. The number of rotatable bonds is 18. The number of hydrogen-bond acceptors (Lipinski definition) is 13. The fraction of sp³-hybridized carbons (Fsp3) is 0.824. The number of nitrogens with zero attached hydrogens (tertiary/aromatic N) is 7. The summed E-state index contributed by atoms with van der Waals surface area (Å²) in [6.45, 7) is 40.0. The van der Waals surface area contributed by atoms with Crippen LogP contribution < -0.4 is 21.3 Å². The number of likely N-dealkylation sites (N-methyl/N-ethyl adjacent to an activating group) is 7. The molecular formula is C68H125N11O13Si. The van der Waals surface area contributed by atoms with Crippen molar-refractivity contribution < 1.29 is 62.0 Å². The van der Waals surface area contributed by atoms with Crippen LogP contribution in [0.5, 0.6) is 0 Å². The largest absolute Gasteiger partial charge is 0.411 e. The Morgan fingerprint density at radius 3 is 1.22 bits per heavy atom. The second kappa shape index (κ2) is 36.8. The zero-order valence-corrected chi connectivity index (χ0v) is 63.4. The molecule has 24 nitrogen and oxygen atoms in total. The molecule has 0 spiro atoms. The smallest absolute Gasteiger partial charge is 0.246 e. The van der Waals surface area contributed by atoms with Gasteiger partial charge in [0.2, 0.25) is 65.0 Å². The van der Waals surface area contributed by atoms with Crippen LogP contribution in [0.25, 0.3) is 0 Å². The average molecular weight is 1330 g/mol. The number of carbonyl (C=O) groups excluding carboxylic acids is 12. The molecule has 1 fully saturated rings. The van der Waals surface area contributed by atoms with Crippen molar-refractivity contribution in [2.24, 2.45) is 41.4 Å². The van der Waals surface area contributed by atoms with Crippen LogP contribution in [-0.4, -0.2) is 236 Å². The highest BCUT2D eigenvalue weighted by Crippen LogP contribution is 2.40. The molecule has 0 bridgehead atoms. The molecule has 1 aliphatic rings. The van der Waals surface area contributed by atoms with Crippen molar-refractivity contribution in [1.29, 1.82) is 0 Å². The van der Waals surface area contributed by atoms with Crippen molar-refractivity contribution >= 4 is 79.6 Å². The second-order valence-electron chi connectivity index (χ2n) is 30.2. The molecule has 0 saturated carbocycles. The van der Waals surface area contributed by atoms with Crippen LogP contribution in [0.4, 0.5) is 0 Å². The maximum absolute atomic E-state index is 15.7. The van der Waals surface area contributed by atoms with E-state index in [0.717, 1.165) is 0 Å². The van der Waals surface area contributed by atoms with E-state index < -0.39 is 169 Å². The van der Waals surface area contributed by atoms with Gasteiger partial charge in [0, 0.05) is 55.8 Å². The van der Waals surface area contributed by atoms with E-state index in [9.17, 15) is 33.6 Å². The second-order valence-corrected chi connectivity index (χ2v) is 34.9. The number of nitrogens with one attached hydrogen (secondary N) is 4. The molecule has 0 aromatic rings. The Balaban J connectivity index is 4.62. The molecule has 4 N–H and O–H groups in total. The molecule has 534 valence electrons. The highest BCUT2D eigenvalue weighted by molar-refractivity contribution is 6.74. The SMILES string of the molecule is CC[C@@H]1C(=O)N(C)[C@@H](CC(C)C)C(=O)N[C@H](C(C)C)C(=O)N(C)[C@H](CC(C)C)C(=O)N[C@H](C)C(=O)N[C@H](C)C(=O)N(C)[C@H](CC(C)C)C(=O)N(C)[C@H](CC(C)C)C(=O)N(C)[C@H](C(C)C)C(=O)N(C)[C@H]([C@@H](O[Si](C)(C)C(C)(C)C)[C@H](C)CC=O)C(=O)N[C@H](CC)C(=O)N1C. The third-order valence-corrected chi connectivity index (χ3v) is 23.2. The molecule has 0 aromatic carbocycles. The molecule has 0 aliphatic carbocycles. The molecule has 0 radical (unpaired) electrons. The minimum atomic E-state index is -2.90. The summed E-state index contributed by atoms with van der Waals surface area (Å²) >= 11 is 0. The fourth-order valence-electron chi connectivity index (χ4n) is 11.7. The third kappa shape index (κ3) is 22.8. The zero-order chi connectivity index (χ0) is 72.6. The summed E-state index contributed by atoms with van der Waals surface area (Å²) in [5, 5.41) is 10.8. The topological polar surface area (TPSA) is 285 Å². The van der Waals surface area contributed by atoms with E-state index in [2.05, 4.69) is 21.3 Å². The Morgan fingerprint density at radius 1 is 0.430 bits per heavy atom. The first-order valence-electron chi connectivity index (χ1n) is 33.8. The van der Waals surface area contributed by atoms with Crippen LogP contribution in [0.2, 0.25) is 18.1 Å². The highest BCUT2D eigenvalue weighted by atomic mass is 28.4. The summed E-state index contributed by atoms with van der Waals surface area (Å²) in [7, 11) is 7.25. The van der Waals surface area contributed by atoms with Crippen LogP contribution in [0.15, 0.2) is 0 Å². The van der Waals surface area contributed by atoms with E-state index in [1.807, 2.05) is 89.3 Å². The summed E-state index contributed by atoms with van der Waals surface area (Å²) in [4.78, 5) is 186. The van der Waals surface area contributed by atoms with Gasteiger partial charge in [0.1, 0.15) is 72.7 Å². The molecule has 13 atom stereocenters. The monoisotopic (exact) mass is 1330 g/mol. The Bertz CT molecular complexity index is 2570. The van der Waals surface area contributed by atoms with Gasteiger partial charge < -0.3 is 64.8 Å². The van der Waals surface area contributed by atoms with Crippen LogP contribution in [0, 0.1) is 41.4 Å². The van der Waals surface area contributed by atoms with Gasteiger partial charge in [0.25, 0.3) is 0 Å².